The van der Waals surface area contributed by atoms with Crippen LogP contribution in [0.15, 0.2) is 18.3 Å². The van der Waals surface area contributed by atoms with Crippen LogP contribution < -0.4 is 16.8 Å². The number of pyridine rings is 1. The number of carbonyl (C=O) groups excluding carboxylic acids is 1. The van der Waals surface area contributed by atoms with Crippen molar-refractivity contribution in [3.8, 4) is 0 Å². The number of anilines is 1. The molecule has 1 aromatic heterocycles. The Hall–Kier alpha value is -1.62. The van der Waals surface area contributed by atoms with Gasteiger partial charge < -0.3 is 16.8 Å². The summed E-state index contributed by atoms with van der Waals surface area (Å²) >= 11 is 0. The largest absolute Gasteiger partial charge is 0.376 e. The molecule has 0 atom stereocenters. The Bertz CT molecular complexity index is 300. The van der Waals surface area contributed by atoms with E-state index >= 15 is 0 Å². The topological polar surface area (TPSA) is 94.0 Å². The van der Waals surface area contributed by atoms with E-state index < -0.39 is 5.91 Å². The molecule has 0 saturated heterocycles. The molecular formula is C8H12N4O. The van der Waals surface area contributed by atoms with Crippen LogP contribution in [0.4, 0.5) is 5.69 Å². The third kappa shape index (κ3) is 3.08. The highest BCUT2D eigenvalue weighted by molar-refractivity contribution is 5.78. The van der Waals surface area contributed by atoms with Gasteiger partial charge in [-0.3, -0.25) is 9.78 Å². The minimum Gasteiger partial charge on any atom is -0.376 e. The van der Waals surface area contributed by atoms with Crippen LogP contribution in [0.3, 0.4) is 0 Å². The van der Waals surface area contributed by atoms with Gasteiger partial charge in [0.1, 0.15) is 0 Å². The summed E-state index contributed by atoms with van der Waals surface area (Å²) in [5, 5.41) is 2.85. The number of hydrogen-bond acceptors (Lipinski definition) is 4. The van der Waals surface area contributed by atoms with Gasteiger partial charge in [-0.2, -0.15) is 0 Å². The monoisotopic (exact) mass is 180 g/mol. The zero-order valence-electron chi connectivity index (χ0n) is 7.16. The fraction of sp³-hybridized carbons (Fsp3) is 0.250. The molecule has 0 saturated carbocycles. The second kappa shape index (κ2) is 4.42. The highest BCUT2D eigenvalue weighted by atomic mass is 16.1. The number of nitrogens with zero attached hydrogens (tertiary/aromatic N) is 1. The first-order valence-corrected chi connectivity index (χ1v) is 3.89. The number of hydrogen-bond donors (Lipinski definition) is 3. The molecule has 0 aliphatic carbocycles. The van der Waals surface area contributed by atoms with E-state index in [9.17, 15) is 4.79 Å². The van der Waals surface area contributed by atoms with Gasteiger partial charge in [-0.15, -0.1) is 0 Å². The fourth-order valence-corrected chi connectivity index (χ4v) is 0.889. The zero-order valence-corrected chi connectivity index (χ0v) is 7.16. The Morgan fingerprint density at radius 3 is 3.00 bits per heavy atom. The summed E-state index contributed by atoms with van der Waals surface area (Å²) < 4.78 is 0. The Labute approximate surface area is 76.1 Å². The third-order valence-electron chi connectivity index (χ3n) is 1.49. The summed E-state index contributed by atoms with van der Waals surface area (Å²) in [7, 11) is 0. The van der Waals surface area contributed by atoms with Gasteiger partial charge in [0.25, 0.3) is 0 Å². The summed E-state index contributed by atoms with van der Waals surface area (Å²) in [6.45, 7) is 0.500. The maximum absolute atomic E-state index is 10.4. The first kappa shape index (κ1) is 9.47. The van der Waals surface area contributed by atoms with Gasteiger partial charge in [0, 0.05) is 18.4 Å². The molecule has 0 bridgehead atoms. The van der Waals surface area contributed by atoms with Gasteiger partial charge in [0.05, 0.1) is 12.2 Å². The molecular weight excluding hydrogens is 168 g/mol. The number of nitrogens with two attached hydrogens (primary N) is 2. The number of amides is 1. The van der Waals surface area contributed by atoms with Crippen molar-refractivity contribution in [3.63, 3.8) is 0 Å². The average molecular weight is 180 g/mol. The van der Waals surface area contributed by atoms with Gasteiger partial charge in [-0.1, -0.05) is 0 Å². The minimum atomic E-state index is -0.397. The standard InChI is InChI=1S/C8H12N4O/c9-4-7-3-6(1-2-11-7)12-5-8(10)13/h1-3H,4-5,9H2,(H2,10,13)(H,11,12). The van der Waals surface area contributed by atoms with Crippen molar-refractivity contribution in [1.82, 2.24) is 4.98 Å². The number of carbonyl (C=O) groups is 1. The highest BCUT2D eigenvalue weighted by Crippen LogP contribution is 2.06. The Kier molecular flexibility index (Phi) is 3.22. The second-order valence-corrected chi connectivity index (χ2v) is 2.56. The maximum atomic E-state index is 10.4. The molecule has 1 rings (SSSR count). The molecule has 5 N–H and O–H groups in total. The van der Waals surface area contributed by atoms with E-state index in [-0.39, 0.29) is 6.54 Å². The molecule has 1 amide bonds. The summed E-state index contributed by atoms with van der Waals surface area (Å²) in [4.78, 5) is 14.5. The van der Waals surface area contributed by atoms with Crippen molar-refractivity contribution in [1.29, 1.82) is 0 Å². The van der Waals surface area contributed by atoms with E-state index in [2.05, 4.69) is 10.3 Å². The Morgan fingerprint density at radius 1 is 1.62 bits per heavy atom. The molecule has 0 aliphatic rings. The van der Waals surface area contributed by atoms with Crippen LogP contribution in [0, 0.1) is 0 Å². The van der Waals surface area contributed by atoms with E-state index in [1.807, 2.05) is 0 Å². The van der Waals surface area contributed by atoms with Crippen LogP contribution in [-0.2, 0) is 11.3 Å². The summed E-state index contributed by atoms with van der Waals surface area (Å²) in [6, 6.07) is 3.53. The molecule has 5 heteroatoms. The van der Waals surface area contributed by atoms with E-state index in [0.717, 1.165) is 11.4 Å². The number of nitrogens with one attached hydrogen (secondary N) is 1. The Balaban J connectivity index is 2.61. The molecule has 1 heterocycles. The predicted octanol–water partition coefficient (Wildman–Crippen LogP) is -0.563. The third-order valence-corrected chi connectivity index (χ3v) is 1.49. The van der Waals surface area contributed by atoms with Gasteiger partial charge in [0.15, 0.2) is 0 Å². The lowest BCUT2D eigenvalue weighted by Gasteiger charge is -2.04. The van der Waals surface area contributed by atoms with Gasteiger partial charge >= 0.3 is 0 Å². The molecule has 5 nitrogen and oxygen atoms in total. The average Bonchev–Trinajstić information content (AvgIpc) is 2.15. The van der Waals surface area contributed by atoms with E-state index in [0.29, 0.717) is 6.54 Å². The van der Waals surface area contributed by atoms with Crippen LogP contribution in [0.2, 0.25) is 0 Å². The zero-order chi connectivity index (χ0) is 9.68. The molecule has 0 fully saturated rings. The summed E-state index contributed by atoms with van der Waals surface area (Å²) in [5.41, 5.74) is 11.9. The predicted molar refractivity (Wildman–Crippen MR) is 49.8 cm³/mol. The number of primary amides is 1. The normalized spacial score (nSPS) is 9.62. The van der Waals surface area contributed by atoms with Crippen molar-refractivity contribution in [2.24, 2.45) is 11.5 Å². The van der Waals surface area contributed by atoms with Crippen LogP contribution in [0.1, 0.15) is 5.69 Å². The van der Waals surface area contributed by atoms with Crippen molar-refractivity contribution in [2.75, 3.05) is 11.9 Å². The van der Waals surface area contributed by atoms with Crippen LogP contribution >= 0.6 is 0 Å². The van der Waals surface area contributed by atoms with E-state index in [1.54, 1.807) is 18.3 Å². The summed E-state index contributed by atoms with van der Waals surface area (Å²) in [5.74, 6) is -0.397. The SMILES string of the molecule is NCc1cc(NCC(N)=O)ccn1. The molecule has 0 aromatic carbocycles. The molecule has 0 radical (unpaired) electrons. The molecule has 13 heavy (non-hydrogen) atoms. The fourth-order valence-electron chi connectivity index (χ4n) is 0.889. The molecule has 1 aromatic rings. The van der Waals surface area contributed by atoms with Gasteiger partial charge in [-0.05, 0) is 12.1 Å². The number of aromatic nitrogens is 1. The van der Waals surface area contributed by atoms with Gasteiger partial charge in [-0.25, -0.2) is 0 Å². The van der Waals surface area contributed by atoms with Crippen LogP contribution in [0.25, 0.3) is 0 Å². The van der Waals surface area contributed by atoms with Crippen LogP contribution in [0.5, 0.6) is 0 Å². The first-order valence-electron chi connectivity index (χ1n) is 3.89. The van der Waals surface area contributed by atoms with Gasteiger partial charge in [0.2, 0.25) is 5.91 Å². The van der Waals surface area contributed by atoms with Crippen molar-refractivity contribution >= 4 is 11.6 Å². The quantitative estimate of drug-likeness (QED) is 0.578. The Morgan fingerprint density at radius 2 is 2.38 bits per heavy atom. The summed E-state index contributed by atoms with van der Waals surface area (Å²) in [6.07, 6.45) is 1.63. The molecule has 70 valence electrons. The second-order valence-electron chi connectivity index (χ2n) is 2.56. The van der Waals surface area contributed by atoms with Crippen LogP contribution in [-0.4, -0.2) is 17.4 Å². The van der Waals surface area contributed by atoms with Crippen molar-refractivity contribution in [3.05, 3.63) is 24.0 Å². The maximum Gasteiger partial charge on any atom is 0.236 e. The molecule has 0 aliphatic heterocycles. The lowest BCUT2D eigenvalue weighted by molar-refractivity contribution is -0.116. The number of rotatable bonds is 4. The van der Waals surface area contributed by atoms with E-state index in [4.69, 9.17) is 11.5 Å². The molecule has 0 spiro atoms. The first-order chi connectivity index (χ1) is 6.22. The van der Waals surface area contributed by atoms with E-state index in [1.165, 1.54) is 0 Å². The smallest absolute Gasteiger partial charge is 0.236 e. The van der Waals surface area contributed by atoms with Crippen molar-refractivity contribution in [2.45, 2.75) is 6.54 Å². The highest BCUT2D eigenvalue weighted by Gasteiger charge is 1.96. The molecule has 0 unspecified atom stereocenters. The van der Waals surface area contributed by atoms with Crippen molar-refractivity contribution < 1.29 is 4.79 Å². The lowest BCUT2D eigenvalue weighted by atomic mass is 10.3. The lowest BCUT2D eigenvalue weighted by Crippen LogP contribution is -2.21. The minimum absolute atomic E-state index is 0.119.